The molecule has 1 heterocycles. The van der Waals surface area contributed by atoms with Gasteiger partial charge in [-0.15, -0.1) is 0 Å². The highest BCUT2D eigenvalue weighted by atomic mass is 19.3. The van der Waals surface area contributed by atoms with Crippen LogP contribution in [0.4, 0.5) is 8.78 Å². The Morgan fingerprint density at radius 3 is 2.65 bits per heavy atom. The highest BCUT2D eigenvalue weighted by Gasteiger charge is 2.13. The first-order valence-electron chi connectivity index (χ1n) is 8.51. The van der Waals surface area contributed by atoms with Crippen LogP contribution in [0, 0.1) is 0 Å². The van der Waals surface area contributed by atoms with Crippen LogP contribution in [0.1, 0.15) is 36.4 Å². The van der Waals surface area contributed by atoms with Crippen molar-refractivity contribution >= 4 is 5.96 Å². The number of alkyl halides is 2. The average Bonchev–Trinajstić information content (AvgIpc) is 3.03. The van der Waals surface area contributed by atoms with Crippen molar-refractivity contribution in [3.05, 3.63) is 46.8 Å². The Balaban J connectivity index is 1.93. The van der Waals surface area contributed by atoms with Gasteiger partial charge in [0.25, 0.3) is 0 Å². The van der Waals surface area contributed by atoms with Gasteiger partial charge in [-0.2, -0.15) is 8.78 Å². The molecule has 2 aromatic rings. The van der Waals surface area contributed by atoms with Gasteiger partial charge in [-0.25, -0.2) is 0 Å². The number of aliphatic imine (C=N–C) groups is 1. The number of nitrogens with zero attached hydrogens (tertiary/aromatic N) is 2. The first kappa shape index (κ1) is 19.7. The van der Waals surface area contributed by atoms with E-state index in [4.69, 9.17) is 4.52 Å². The molecule has 0 spiro atoms. The molecular weight excluding hydrogens is 342 g/mol. The van der Waals surface area contributed by atoms with Gasteiger partial charge in [-0.3, -0.25) is 4.99 Å². The van der Waals surface area contributed by atoms with Crippen LogP contribution in [0.5, 0.6) is 5.75 Å². The van der Waals surface area contributed by atoms with Crippen molar-refractivity contribution in [2.45, 2.75) is 46.4 Å². The fourth-order valence-corrected chi connectivity index (χ4v) is 2.55. The quantitative estimate of drug-likeness (QED) is 0.554. The molecule has 26 heavy (non-hydrogen) atoms. The molecule has 0 radical (unpaired) electrons. The molecule has 0 aliphatic rings. The minimum atomic E-state index is -2.84. The van der Waals surface area contributed by atoms with Crippen LogP contribution in [0.15, 0.2) is 33.8 Å². The number of guanidine groups is 1. The Kier molecular flexibility index (Phi) is 7.37. The second-order valence-corrected chi connectivity index (χ2v) is 5.54. The molecule has 1 aromatic heterocycles. The number of benzene rings is 1. The third-order valence-corrected chi connectivity index (χ3v) is 3.85. The van der Waals surface area contributed by atoms with Crippen LogP contribution >= 0.6 is 0 Å². The SMILES string of the molecule is CCc1noc(CC)c1CNC(=NC)NCc1cccc(OC(F)F)c1. The number of aryl methyl sites for hydroxylation is 2. The maximum absolute atomic E-state index is 12.3. The summed E-state index contributed by atoms with van der Waals surface area (Å²) in [6.07, 6.45) is 1.57. The van der Waals surface area contributed by atoms with Crippen LogP contribution < -0.4 is 15.4 Å². The number of hydrogen-bond acceptors (Lipinski definition) is 4. The highest BCUT2D eigenvalue weighted by Crippen LogP contribution is 2.16. The van der Waals surface area contributed by atoms with E-state index < -0.39 is 6.61 Å². The zero-order valence-electron chi connectivity index (χ0n) is 15.2. The summed E-state index contributed by atoms with van der Waals surface area (Å²) in [5.74, 6) is 1.59. The number of ether oxygens (including phenoxy) is 1. The van der Waals surface area contributed by atoms with Crippen LogP contribution in [0.25, 0.3) is 0 Å². The second kappa shape index (κ2) is 9.74. The van der Waals surface area contributed by atoms with Crippen LogP contribution in [-0.2, 0) is 25.9 Å². The first-order valence-corrected chi connectivity index (χ1v) is 8.51. The van der Waals surface area contributed by atoms with Crippen LogP contribution in [0.3, 0.4) is 0 Å². The predicted octanol–water partition coefficient (Wildman–Crippen LogP) is 3.27. The molecule has 0 aliphatic carbocycles. The average molecular weight is 366 g/mol. The van der Waals surface area contributed by atoms with Crippen molar-refractivity contribution in [3.63, 3.8) is 0 Å². The van der Waals surface area contributed by atoms with Gasteiger partial charge in [0.15, 0.2) is 5.96 Å². The number of hydrogen-bond donors (Lipinski definition) is 2. The summed E-state index contributed by atoms with van der Waals surface area (Å²) in [6, 6.07) is 6.55. The summed E-state index contributed by atoms with van der Waals surface area (Å²) in [6.45, 7) is 2.18. The zero-order valence-corrected chi connectivity index (χ0v) is 15.2. The topological polar surface area (TPSA) is 71.7 Å². The normalized spacial score (nSPS) is 11.7. The van der Waals surface area contributed by atoms with E-state index >= 15 is 0 Å². The van der Waals surface area contributed by atoms with E-state index in [1.54, 1.807) is 19.2 Å². The fourth-order valence-electron chi connectivity index (χ4n) is 2.55. The molecule has 0 amide bonds. The molecule has 2 rings (SSSR count). The van der Waals surface area contributed by atoms with Crippen molar-refractivity contribution in [1.82, 2.24) is 15.8 Å². The lowest BCUT2D eigenvalue weighted by molar-refractivity contribution is -0.0498. The Labute approximate surface area is 151 Å². The lowest BCUT2D eigenvalue weighted by Gasteiger charge is -2.13. The lowest BCUT2D eigenvalue weighted by Crippen LogP contribution is -2.36. The van der Waals surface area contributed by atoms with Gasteiger partial charge in [-0.05, 0) is 24.1 Å². The largest absolute Gasteiger partial charge is 0.435 e. The van der Waals surface area contributed by atoms with E-state index in [0.717, 1.165) is 35.4 Å². The van der Waals surface area contributed by atoms with Gasteiger partial charge in [0.2, 0.25) is 0 Å². The lowest BCUT2D eigenvalue weighted by atomic mass is 10.1. The van der Waals surface area contributed by atoms with Gasteiger partial charge >= 0.3 is 6.61 Å². The zero-order chi connectivity index (χ0) is 18.9. The fraction of sp³-hybridized carbons (Fsp3) is 0.444. The molecule has 2 N–H and O–H groups in total. The van der Waals surface area contributed by atoms with Crippen LogP contribution in [-0.4, -0.2) is 24.8 Å². The Morgan fingerprint density at radius 2 is 2.00 bits per heavy atom. The Hall–Kier alpha value is -2.64. The molecule has 142 valence electrons. The molecule has 0 saturated carbocycles. The molecule has 0 unspecified atom stereocenters. The third-order valence-electron chi connectivity index (χ3n) is 3.85. The Morgan fingerprint density at radius 1 is 1.23 bits per heavy atom. The molecule has 0 aliphatic heterocycles. The van der Waals surface area contributed by atoms with Gasteiger partial charge < -0.3 is 19.9 Å². The highest BCUT2D eigenvalue weighted by molar-refractivity contribution is 5.79. The molecule has 0 fully saturated rings. The van der Waals surface area contributed by atoms with Gasteiger partial charge in [0.1, 0.15) is 11.5 Å². The van der Waals surface area contributed by atoms with Crippen molar-refractivity contribution < 1.29 is 18.0 Å². The van der Waals surface area contributed by atoms with Crippen molar-refractivity contribution in [2.75, 3.05) is 7.05 Å². The molecule has 6 nitrogen and oxygen atoms in total. The Bertz CT molecular complexity index is 710. The first-order chi connectivity index (χ1) is 12.6. The summed E-state index contributed by atoms with van der Waals surface area (Å²) < 4.78 is 34.4. The summed E-state index contributed by atoms with van der Waals surface area (Å²) in [4.78, 5) is 4.18. The van der Waals surface area contributed by atoms with E-state index in [9.17, 15) is 8.78 Å². The number of aromatic nitrogens is 1. The minimum Gasteiger partial charge on any atom is -0.435 e. The molecule has 8 heteroatoms. The summed E-state index contributed by atoms with van der Waals surface area (Å²) in [5.41, 5.74) is 2.78. The predicted molar refractivity (Wildman–Crippen MR) is 95.4 cm³/mol. The van der Waals surface area contributed by atoms with Gasteiger partial charge in [0, 0.05) is 32.1 Å². The molecule has 1 aromatic carbocycles. The van der Waals surface area contributed by atoms with Crippen molar-refractivity contribution in [2.24, 2.45) is 4.99 Å². The smallest absolute Gasteiger partial charge is 0.387 e. The van der Waals surface area contributed by atoms with E-state index in [2.05, 4.69) is 25.5 Å². The van der Waals surface area contributed by atoms with E-state index in [-0.39, 0.29) is 5.75 Å². The van der Waals surface area contributed by atoms with E-state index in [1.807, 2.05) is 19.9 Å². The summed E-state index contributed by atoms with van der Waals surface area (Å²) in [7, 11) is 1.67. The monoisotopic (exact) mass is 366 g/mol. The van der Waals surface area contributed by atoms with E-state index in [0.29, 0.717) is 19.0 Å². The maximum Gasteiger partial charge on any atom is 0.387 e. The molecule has 0 saturated heterocycles. The van der Waals surface area contributed by atoms with Gasteiger partial charge in [0.05, 0.1) is 5.69 Å². The number of rotatable bonds is 8. The second-order valence-electron chi connectivity index (χ2n) is 5.54. The third kappa shape index (κ3) is 5.44. The van der Waals surface area contributed by atoms with Crippen LogP contribution in [0.2, 0.25) is 0 Å². The van der Waals surface area contributed by atoms with Crippen molar-refractivity contribution in [1.29, 1.82) is 0 Å². The standard InChI is InChI=1S/C18H24F2N4O2/c1-4-15-14(16(5-2)26-24-15)11-23-18(21-3)22-10-12-7-6-8-13(9-12)25-17(19)20/h6-9,17H,4-5,10-11H2,1-3H3,(H2,21,22,23). The van der Waals surface area contributed by atoms with E-state index in [1.165, 1.54) is 6.07 Å². The number of nitrogens with one attached hydrogen (secondary N) is 2. The van der Waals surface area contributed by atoms with Gasteiger partial charge in [-0.1, -0.05) is 31.1 Å². The molecular formula is C18H24F2N4O2. The van der Waals surface area contributed by atoms with Crippen molar-refractivity contribution in [3.8, 4) is 5.75 Å². The summed E-state index contributed by atoms with van der Waals surface area (Å²) >= 11 is 0. The number of halogens is 2. The maximum atomic E-state index is 12.3. The molecule has 0 bridgehead atoms. The molecule has 0 atom stereocenters. The minimum absolute atomic E-state index is 0.131. The summed E-state index contributed by atoms with van der Waals surface area (Å²) in [5, 5.41) is 10.5.